The van der Waals surface area contributed by atoms with Crippen molar-refractivity contribution in [2.24, 2.45) is 0 Å². The number of ether oxygens (including phenoxy) is 1. The second kappa shape index (κ2) is 4.21. The summed E-state index contributed by atoms with van der Waals surface area (Å²) in [5.74, 6) is 0.612. The smallest absolute Gasteiger partial charge is 0.148 e. The lowest BCUT2D eigenvalue weighted by atomic mass is 9.92. The van der Waals surface area contributed by atoms with Crippen molar-refractivity contribution in [1.82, 2.24) is 4.98 Å². The zero-order valence-electron chi connectivity index (χ0n) is 10.9. The van der Waals surface area contributed by atoms with E-state index in [1.54, 1.807) is 20.4 Å². The molecule has 1 rings (SSSR count). The summed E-state index contributed by atoms with van der Waals surface area (Å²) in [6.45, 7) is 9.68. The second-order valence-electron chi connectivity index (χ2n) is 5.32. The minimum atomic E-state index is -2.40. The van der Waals surface area contributed by atoms with Crippen LogP contribution in [0.4, 0.5) is 0 Å². The third kappa shape index (κ3) is 2.85. The van der Waals surface area contributed by atoms with E-state index in [0.29, 0.717) is 11.2 Å². The van der Waals surface area contributed by atoms with Crippen LogP contribution in [0.3, 0.4) is 0 Å². The molecule has 0 saturated heterocycles. The lowest BCUT2D eigenvalue weighted by Crippen LogP contribution is -2.21. The average molecular weight is 241 g/mol. The Labute approximate surface area is 97.6 Å². The predicted molar refractivity (Wildman–Crippen MR) is 68.6 cm³/mol. The Morgan fingerprint density at radius 3 is 2.19 bits per heavy atom. The van der Waals surface area contributed by atoms with Crippen molar-refractivity contribution in [3.05, 3.63) is 17.8 Å². The normalized spacial score (nSPS) is 12.6. The molecule has 0 radical (unpaired) electrons. The summed E-state index contributed by atoms with van der Waals surface area (Å²) in [5, 5.41) is 0. The topological polar surface area (TPSA) is 39.2 Å². The van der Waals surface area contributed by atoms with Gasteiger partial charge in [0.05, 0.1) is 7.11 Å². The van der Waals surface area contributed by atoms with Crippen LogP contribution in [0.25, 0.3) is 0 Å². The van der Waals surface area contributed by atoms with E-state index in [-0.39, 0.29) is 5.41 Å². The van der Waals surface area contributed by atoms with Crippen LogP contribution in [-0.4, -0.2) is 25.4 Å². The van der Waals surface area contributed by atoms with Gasteiger partial charge in [-0.25, -0.2) is 4.98 Å². The van der Waals surface area contributed by atoms with Crippen LogP contribution in [0.2, 0.25) is 0 Å². The molecule has 0 unspecified atom stereocenters. The number of nitrogens with zero attached hydrogens (tertiary/aromatic N) is 1. The fourth-order valence-corrected chi connectivity index (χ4v) is 2.44. The van der Waals surface area contributed by atoms with Gasteiger partial charge in [0.2, 0.25) is 0 Å². The summed E-state index contributed by atoms with van der Waals surface area (Å²) >= 11 is 0. The SMILES string of the molecule is COc1ccc(C(C)(C)C)nc1P(C)(C)=O. The zero-order valence-corrected chi connectivity index (χ0v) is 11.8. The predicted octanol–water partition coefficient (Wildman–Crippen LogP) is 2.64. The van der Waals surface area contributed by atoms with Crippen LogP contribution in [-0.2, 0) is 9.98 Å². The van der Waals surface area contributed by atoms with Crippen LogP contribution < -0.4 is 10.2 Å². The summed E-state index contributed by atoms with van der Waals surface area (Å²) in [4.78, 5) is 4.50. The van der Waals surface area contributed by atoms with Crippen LogP contribution in [0.1, 0.15) is 26.5 Å². The maximum atomic E-state index is 12.1. The Kier molecular flexibility index (Phi) is 3.49. The Morgan fingerprint density at radius 2 is 1.81 bits per heavy atom. The maximum absolute atomic E-state index is 12.1. The first-order valence-electron chi connectivity index (χ1n) is 5.27. The highest BCUT2D eigenvalue weighted by atomic mass is 31.2. The van der Waals surface area contributed by atoms with E-state index in [2.05, 4.69) is 25.8 Å². The number of aromatic nitrogens is 1. The number of hydrogen-bond acceptors (Lipinski definition) is 3. The van der Waals surface area contributed by atoms with Crippen LogP contribution in [0, 0.1) is 0 Å². The number of pyridine rings is 1. The molecule has 1 heterocycles. The number of methoxy groups -OCH3 is 1. The molecule has 90 valence electrons. The highest BCUT2D eigenvalue weighted by Crippen LogP contribution is 2.38. The third-order valence-corrected chi connectivity index (χ3v) is 3.68. The van der Waals surface area contributed by atoms with E-state index >= 15 is 0 Å². The van der Waals surface area contributed by atoms with Crippen LogP contribution in [0.15, 0.2) is 12.1 Å². The van der Waals surface area contributed by atoms with Gasteiger partial charge in [-0.3, -0.25) is 0 Å². The molecule has 4 heteroatoms. The summed E-state index contributed by atoms with van der Waals surface area (Å²) in [6, 6.07) is 3.78. The first-order chi connectivity index (χ1) is 7.16. The number of rotatable bonds is 2. The van der Waals surface area contributed by atoms with E-state index in [9.17, 15) is 4.57 Å². The number of hydrogen-bond donors (Lipinski definition) is 0. The minimum Gasteiger partial charge on any atom is -0.494 e. The standard InChI is InChI=1S/C12H20NO2P/c1-12(2,3)10-8-7-9(15-4)11(13-10)16(5,6)14/h7-8H,1-6H3. The fraction of sp³-hybridized carbons (Fsp3) is 0.583. The van der Waals surface area contributed by atoms with Crippen molar-refractivity contribution >= 4 is 12.6 Å². The Balaban J connectivity index is 3.39. The Morgan fingerprint density at radius 1 is 1.25 bits per heavy atom. The van der Waals surface area contributed by atoms with Crippen LogP contribution >= 0.6 is 7.14 Å². The molecule has 0 aliphatic rings. The molecule has 0 aromatic carbocycles. The van der Waals surface area contributed by atoms with Gasteiger partial charge < -0.3 is 9.30 Å². The average Bonchev–Trinajstić information content (AvgIpc) is 2.14. The molecule has 0 aliphatic heterocycles. The highest BCUT2D eigenvalue weighted by molar-refractivity contribution is 7.70. The first-order valence-corrected chi connectivity index (χ1v) is 7.87. The van der Waals surface area contributed by atoms with Gasteiger partial charge >= 0.3 is 0 Å². The Hall–Kier alpha value is -0.820. The molecule has 16 heavy (non-hydrogen) atoms. The Bertz CT molecular complexity index is 429. The summed E-state index contributed by atoms with van der Waals surface area (Å²) < 4.78 is 17.3. The van der Waals surface area contributed by atoms with Crippen molar-refractivity contribution in [2.75, 3.05) is 20.4 Å². The van der Waals surface area contributed by atoms with Crippen molar-refractivity contribution in [3.8, 4) is 5.75 Å². The first kappa shape index (κ1) is 13.2. The lowest BCUT2D eigenvalue weighted by Gasteiger charge is -2.20. The van der Waals surface area contributed by atoms with E-state index in [0.717, 1.165) is 5.69 Å². The minimum absolute atomic E-state index is 0.0454. The fourth-order valence-electron chi connectivity index (χ4n) is 1.40. The van der Waals surface area contributed by atoms with Gasteiger partial charge in [-0.15, -0.1) is 0 Å². The van der Waals surface area contributed by atoms with E-state index in [4.69, 9.17) is 4.74 Å². The van der Waals surface area contributed by atoms with Gasteiger partial charge in [0.15, 0.2) is 0 Å². The van der Waals surface area contributed by atoms with E-state index in [1.807, 2.05) is 12.1 Å². The second-order valence-corrected chi connectivity index (χ2v) is 8.45. The molecule has 0 aliphatic carbocycles. The van der Waals surface area contributed by atoms with E-state index in [1.165, 1.54) is 0 Å². The molecule has 0 amide bonds. The zero-order chi connectivity index (χ0) is 12.6. The maximum Gasteiger partial charge on any atom is 0.148 e. The van der Waals surface area contributed by atoms with Crippen LogP contribution in [0.5, 0.6) is 5.75 Å². The highest BCUT2D eigenvalue weighted by Gasteiger charge is 2.23. The molecular formula is C12H20NO2P. The molecule has 0 fully saturated rings. The lowest BCUT2D eigenvalue weighted by molar-refractivity contribution is 0.415. The molecule has 0 atom stereocenters. The van der Waals surface area contributed by atoms with Gasteiger partial charge in [0.25, 0.3) is 0 Å². The van der Waals surface area contributed by atoms with Crippen molar-refractivity contribution in [1.29, 1.82) is 0 Å². The van der Waals surface area contributed by atoms with Gasteiger partial charge in [0.1, 0.15) is 18.3 Å². The molecule has 1 aromatic heterocycles. The molecule has 3 nitrogen and oxygen atoms in total. The van der Waals surface area contributed by atoms with Crippen molar-refractivity contribution < 1.29 is 9.30 Å². The molecule has 0 spiro atoms. The van der Waals surface area contributed by atoms with Gasteiger partial charge in [-0.2, -0.15) is 0 Å². The van der Waals surface area contributed by atoms with Gasteiger partial charge in [-0.1, -0.05) is 20.8 Å². The monoisotopic (exact) mass is 241 g/mol. The molecule has 1 aromatic rings. The van der Waals surface area contributed by atoms with Crippen molar-refractivity contribution in [2.45, 2.75) is 26.2 Å². The summed E-state index contributed by atoms with van der Waals surface area (Å²) in [7, 11) is -0.828. The summed E-state index contributed by atoms with van der Waals surface area (Å²) in [5.41, 5.74) is 1.48. The van der Waals surface area contributed by atoms with Gasteiger partial charge in [-0.05, 0) is 25.5 Å². The van der Waals surface area contributed by atoms with Crippen molar-refractivity contribution in [3.63, 3.8) is 0 Å². The van der Waals surface area contributed by atoms with Gasteiger partial charge in [0, 0.05) is 11.1 Å². The molecular weight excluding hydrogens is 221 g/mol. The molecule has 0 saturated carbocycles. The molecule has 0 N–H and O–H groups in total. The molecule has 0 bridgehead atoms. The largest absolute Gasteiger partial charge is 0.494 e. The third-order valence-electron chi connectivity index (χ3n) is 2.34. The summed E-state index contributed by atoms with van der Waals surface area (Å²) in [6.07, 6.45) is 0. The quantitative estimate of drug-likeness (QED) is 0.747. The van der Waals surface area contributed by atoms with E-state index < -0.39 is 7.14 Å².